The lowest BCUT2D eigenvalue weighted by molar-refractivity contribution is 0.495. The first-order chi connectivity index (χ1) is 10.5. The fraction of sp³-hybridized carbons (Fsp3) is 0.357. The average molecular weight is 317 g/mol. The third kappa shape index (κ3) is 2.34. The number of fused-ring (bicyclic) bond motifs is 1. The van der Waals surface area contributed by atoms with Crippen molar-refractivity contribution in [1.82, 2.24) is 24.5 Å². The second kappa shape index (κ2) is 4.72. The van der Waals surface area contributed by atoms with E-state index in [-0.39, 0.29) is 17.2 Å². The highest BCUT2D eigenvalue weighted by Crippen LogP contribution is 2.37. The van der Waals surface area contributed by atoms with Crippen LogP contribution in [-0.4, -0.2) is 25.3 Å². The monoisotopic (exact) mass is 317 g/mol. The lowest BCUT2D eigenvalue weighted by Crippen LogP contribution is -2.19. The van der Waals surface area contributed by atoms with Crippen molar-refractivity contribution < 1.29 is 4.42 Å². The van der Waals surface area contributed by atoms with Gasteiger partial charge in [0.2, 0.25) is 5.89 Å². The molecule has 2 heterocycles. The van der Waals surface area contributed by atoms with Crippen molar-refractivity contribution in [2.45, 2.75) is 37.1 Å². The minimum Gasteiger partial charge on any atom is -0.408 e. The third-order valence-electron chi connectivity index (χ3n) is 3.78. The highest BCUT2D eigenvalue weighted by Gasteiger charge is 2.37. The summed E-state index contributed by atoms with van der Waals surface area (Å²) in [5.41, 5.74) is 1.41. The van der Waals surface area contributed by atoms with E-state index in [1.165, 1.54) is 17.4 Å². The van der Waals surface area contributed by atoms with Gasteiger partial charge >= 0.3 is 11.7 Å². The van der Waals surface area contributed by atoms with E-state index in [1.807, 2.05) is 18.2 Å². The second-order valence-electron chi connectivity index (χ2n) is 5.81. The molecule has 3 aromatic rings. The lowest BCUT2D eigenvalue weighted by atomic mass is 10.3. The molecule has 0 spiro atoms. The molecule has 4 rings (SSSR count). The fourth-order valence-electron chi connectivity index (χ4n) is 2.18. The van der Waals surface area contributed by atoms with Gasteiger partial charge in [-0.05, 0) is 49.9 Å². The van der Waals surface area contributed by atoms with Crippen LogP contribution in [0.25, 0.3) is 17.0 Å². The predicted octanol–water partition coefficient (Wildman–Crippen LogP) is 2.16. The molecule has 2 N–H and O–H groups in total. The zero-order valence-corrected chi connectivity index (χ0v) is 13.0. The molecular weight excluding hydrogens is 302 g/mol. The Morgan fingerprint density at radius 2 is 2.23 bits per heavy atom. The van der Waals surface area contributed by atoms with Gasteiger partial charge in [-0.1, -0.05) is 5.10 Å². The highest BCUT2D eigenvalue weighted by molar-refractivity contribution is 7.97. The molecule has 0 atom stereocenters. The number of nitrogens with one attached hydrogen (secondary N) is 2. The molecule has 2 aromatic heterocycles. The van der Waals surface area contributed by atoms with Crippen LogP contribution in [0.4, 0.5) is 0 Å². The normalized spacial score (nSPS) is 16.3. The fourth-order valence-corrected chi connectivity index (χ4v) is 3.06. The van der Waals surface area contributed by atoms with Gasteiger partial charge in [-0.3, -0.25) is 4.72 Å². The topological polar surface area (TPSA) is 88.7 Å². The van der Waals surface area contributed by atoms with Crippen molar-refractivity contribution >= 4 is 23.0 Å². The predicted molar refractivity (Wildman–Crippen MR) is 83.1 cm³/mol. The summed E-state index contributed by atoms with van der Waals surface area (Å²) in [6.07, 6.45) is 2.39. The summed E-state index contributed by atoms with van der Waals surface area (Å²) >= 11 is 1.58. The van der Waals surface area contributed by atoms with Gasteiger partial charge in [0.1, 0.15) is 0 Å². The largest absolute Gasteiger partial charge is 0.408 e. The maximum Gasteiger partial charge on any atom is 0.334 e. The van der Waals surface area contributed by atoms with Crippen LogP contribution in [-0.2, 0) is 0 Å². The number of imidazole rings is 1. The van der Waals surface area contributed by atoms with Gasteiger partial charge in [0.05, 0.1) is 11.0 Å². The molecule has 0 unspecified atom stereocenters. The van der Waals surface area contributed by atoms with Crippen LogP contribution in [0.2, 0.25) is 0 Å². The molecule has 1 fully saturated rings. The van der Waals surface area contributed by atoms with Crippen molar-refractivity contribution in [3.8, 4) is 6.01 Å². The molecule has 114 valence electrons. The van der Waals surface area contributed by atoms with E-state index < -0.39 is 0 Å². The molecule has 1 aliphatic carbocycles. The number of hydrogen-bond acceptors (Lipinski definition) is 6. The van der Waals surface area contributed by atoms with Gasteiger partial charge in [0, 0.05) is 17.4 Å². The van der Waals surface area contributed by atoms with Gasteiger partial charge in [0.15, 0.2) is 0 Å². The number of nitrogens with zero attached hydrogens (tertiary/aromatic N) is 3. The molecule has 8 heteroatoms. The van der Waals surface area contributed by atoms with Crippen molar-refractivity contribution in [3.63, 3.8) is 0 Å². The Morgan fingerprint density at radius 1 is 1.41 bits per heavy atom. The maximum absolute atomic E-state index is 12.1. The van der Waals surface area contributed by atoms with E-state index in [9.17, 15) is 4.79 Å². The van der Waals surface area contributed by atoms with Crippen LogP contribution in [0.3, 0.4) is 0 Å². The molecule has 1 aliphatic rings. The summed E-state index contributed by atoms with van der Waals surface area (Å²) in [6.45, 7) is 3.89. The first kappa shape index (κ1) is 13.6. The Bertz CT molecular complexity index is 905. The van der Waals surface area contributed by atoms with E-state index in [4.69, 9.17) is 4.42 Å². The van der Waals surface area contributed by atoms with Crippen molar-refractivity contribution in [2.24, 2.45) is 0 Å². The Balaban J connectivity index is 1.75. The first-order valence-electron chi connectivity index (χ1n) is 7.03. The van der Waals surface area contributed by atoms with Crippen LogP contribution < -0.4 is 10.4 Å². The number of hydrogen-bond donors (Lipinski definition) is 2. The average Bonchev–Trinajstić information content (AvgIpc) is 2.92. The summed E-state index contributed by atoms with van der Waals surface area (Å²) in [6, 6.07) is 5.98. The van der Waals surface area contributed by atoms with E-state index in [1.54, 1.807) is 18.9 Å². The summed E-state index contributed by atoms with van der Waals surface area (Å²) in [5, 5.41) is 7.71. The quantitative estimate of drug-likeness (QED) is 0.717. The van der Waals surface area contributed by atoms with E-state index in [0.717, 1.165) is 15.9 Å². The van der Waals surface area contributed by atoms with Gasteiger partial charge in [0.25, 0.3) is 0 Å². The number of aromatic nitrogens is 4. The Kier molecular flexibility index (Phi) is 2.92. The molecule has 0 bridgehead atoms. The molecule has 0 saturated heterocycles. The van der Waals surface area contributed by atoms with Gasteiger partial charge in [-0.15, -0.1) is 5.10 Å². The van der Waals surface area contributed by atoms with E-state index in [0.29, 0.717) is 5.89 Å². The summed E-state index contributed by atoms with van der Waals surface area (Å²) in [5.74, 6) is 0.421. The second-order valence-corrected chi connectivity index (χ2v) is 6.69. The van der Waals surface area contributed by atoms with Gasteiger partial charge in [-0.25, -0.2) is 9.36 Å². The summed E-state index contributed by atoms with van der Waals surface area (Å²) < 4.78 is 10.2. The summed E-state index contributed by atoms with van der Waals surface area (Å²) in [7, 11) is 0. The first-order valence-corrected chi connectivity index (χ1v) is 7.85. The number of aromatic amines is 1. The zero-order valence-electron chi connectivity index (χ0n) is 12.2. The SMILES string of the molecule is Cc1nnc(-n2c(=O)[nH]c3ccc(SNC4(C)CC4)cc32)o1. The van der Waals surface area contributed by atoms with E-state index >= 15 is 0 Å². The lowest BCUT2D eigenvalue weighted by Gasteiger charge is -2.10. The van der Waals surface area contributed by atoms with Crippen LogP contribution in [0.15, 0.2) is 32.3 Å². The maximum atomic E-state index is 12.1. The molecule has 0 aliphatic heterocycles. The van der Waals surface area contributed by atoms with Crippen LogP contribution in [0, 0.1) is 6.92 Å². The summed E-state index contributed by atoms with van der Waals surface area (Å²) in [4.78, 5) is 16.0. The minimum atomic E-state index is -0.289. The van der Waals surface area contributed by atoms with Crippen molar-refractivity contribution in [1.29, 1.82) is 0 Å². The standard InChI is InChI=1S/C14H15N5O2S/c1-8-16-17-13(21-8)19-11-7-9(22-18-14(2)5-6-14)3-4-10(11)15-12(19)20/h3-4,7,18H,5-6H2,1-2H3,(H,15,20). The molecule has 1 saturated carbocycles. The number of benzene rings is 1. The highest BCUT2D eigenvalue weighted by atomic mass is 32.2. The Morgan fingerprint density at radius 3 is 2.91 bits per heavy atom. The van der Waals surface area contributed by atoms with Gasteiger partial charge < -0.3 is 9.40 Å². The number of H-pyrrole nitrogens is 1. The van der Waals surface area contributed by atoms with Crippen LogP contribution in [0.1, 0.15) is 25.7 Å². The van der Waals surface area contributed by atoms with Crippen LogP contribution >= 0.6 is 11.9 Å². The number of rotatable bonds is 4. The van der Waals surface area contributed by atoms with Crippen molar-refractivity contribution in [2.75, 3.05) is 0 Å². The Labute approximate surface area is 130 Å². The smallest absolute Gasteiger partial charge is 0.334 e. The number of aryl methyl sites for hydroxylation is 1. The Hall–Kier alpha value is -2.06. The van der Waals surface area contributed by atoms with Crippen molar-refractivity contribution in [3.05, 3.63) is 34.6 Å². The molecule has 0 radical (unpaired) electrons. The molecule has 7 nitrogen and oxygen atoms in total. The molecule has 0 amide bonds. The zero-order chi connectivity index (χ0) is 15.3. The molecule has 22 heavy (non-hydrogen) atoms. The molecule has 1 aromatic carbocycles. The van der Waals surface area contributed by atoms with Gasteiger partial charge in [-0.2, -0.15) is 0 Å². The third-order valence-corrected chi connectivity index (χ3v) is 4.86. The minimum absolute atomic E-state index is 0.179. The molecular formula is C14H15N5O2S. The van der Waals surface area contributed by atoms with E-state index in [2.05, 4.69) is 26.8 Å². The van der Waals surface area contributed by atoms with Crippen LogP contribution in [0.5, 0.6) is 0 Å².